The van der Waals surface area contributed by atoms with Crippen molar-refractivity contribution in [3.63, 3.8) is 0 Å². The van der Waals surface area contributed by atoms with E-state index in [-0.39, 0.29) is 18.1 Å². The Morgan fingerprint density at radius 3 is 2.50 bits per heavy atom. The molecule has 1 aromatic rings. The van der Waals surface area contributed by atoms with Crippen LogP contribution in [0.25, 0.3) is 0 Å². The average Bonchev–Trinajstić information content (AvgIpc) is 2.48. The van der Waals surface area contributed by atoms with E-state index >= 15 is 0 Å². The van der Waals surface area contributed by atoms with E-state index in [2.05, 4.69) is 5.32 Å². The number of non-ortho nitro benzene ring substituents is 1. The number of hydrogen-bond donors (Lipinski definition) is 2. The Labute approximate surface area is 125 Å². The van der Waals surface area contributed by atoms with Crippen molar-refractivity contribution in [1.29, 1.82) is 0 Å². The SMILES string of the molecule is O=C(C[NH+]1CCOCC1)Nc1ccc([N+](=O)[O-])cc1[N+](=O)[O-]. The van der Waals surface area contributed by atoms with Crippen molar-refractivity contribution in [3.05, 3.63) is 38.4 Å². The number of nitrogens with one attached hydrogen (secondary N) is 2. The lowest BCUT2D eigenvalue weighted by atomic mass is 10.2. The zero-order chi connectivity index (χ0) is 16.1. The highest BCUT2D eigenvalue weighted by Gasteiger charge is 2.23. The fourth-order valence-corrected chi connectivity index (χ4v) is 2.15. The van der Waals surface area contributed by atoms with Crippen molar-refractivity contribution in [2.24, 2.45) is 0 Å². The second-order valence-electron chi connectivity index (χ2n) is 4.80. The first-order valence-electron chi connectivity index (χ1n) is 6.61. The Kier molecular flexibility index (Phi) is 4.96. The Bertz CT molecular complexity index is 599. The smallest absolute Gasteiger partial charge is 0.299 e. The summed E-state index contributed by atoms with van der Waals surface area (Å²) < 4.78 is 5.18. The second kappa shape index (κ2) is 6.91. The number of benzene rings is 1. The van der Waals surface area contributed by atoms with Gasteiger partial charge in [-0.15, -0.1) is 0 Å². The van der Waals surface area contributed by atoms with Crippen molar-refractivity contribution in [2.75, 3.05) is 38.2 Å². The number of rotatable bonds is 5. The molecular formula is C12H15N4O6+. The number of morpholine rings is 1. The standard InChI is InChI=1S/C12H14N4O6/c17-12(8-14-3-5-22-6-4-14)13-10-2-1-9(15(18)19)7-11(10)16(20)21/h1-2,7H,3-6,8H2,(H,13,17)/p+1. The number of hydrogen-bond acceptors (Lipinski definition) is 6. The topological polar surface area (TPSA) is 129 Å². The van der Waals surface area contributed by atoms with Gasteiger partial charge in [0.2, 0.25) is 0 Å². The molecule has 2 rings (SSSR count). The Hall–Kier alpha value is -2.59. The van der Waals surface area contributed by atoms with Gasteiger partial charge in [0.05, 0.1) is 29.1 Å². The molecule has 22 heavy (non-hydrogen) atoms. The molecule has 1 fully saturated rings. The quantitative estimate of drug-likeness (QED) is 0.549. The number of amides is 1. The number of nitro benzene ring substituents is 2. The van der Waals surface area contributed by atoms with Crippen LogP contribution in [0.15, 0.2) is 18.2 Å². The fraction of sp³-hybridized carbons (Fsp3) is 0.417. The van der Waals surface area contributed by atoms with E-state index in [1.807, 2.05) is 0 Å². The lowest BCUT2D eigenvalue weighted by Crippen LogP contribution is -3.15. The summed E-state index contributed by atoms with van der Waals surface area (Å²) in [6.07, 6.45) is 0. The van der Waals surface area contributed by atoms with Crippen molar-refractivity contribution in [2.45, 2.75) is 0 Å². The molecule has 0 radical (unpaired) electrons. The summed E-state index contributed by atoms with van der Waals surface area (Å²) in [4.78, 5) is 33.1. The highest BCUT2D eigenvalue weighted by atomic mass is 16.6. The van der Waals surface area contributed by atoms with Crippen molar-refractivity contribution in [1.82, 2.24) is 0 Å². The minimum absolute atomic E-state index is 0.0479. The number of nitro groups is 2. The molecule has 0 spiro atoms. The normalized spacial score (nSPS) is 15.3. The molecular weight excluding hydrogens is 296 g/mol. The van der Waals surface area contributed by atoms with Gasteiger partial charge in [-0.25, -0.2) is 0 Å². The van der Waals surface area contributed by atoms with E-state index in [1.165, 1.54) is 6.07 Å². The van der Waals surface area contributed by atoms with Crippen LogP contribution in [-0.4, -0.2) is 48.6 Å². The highest BCUT2D eigenvalue weighted by molar-refractivity contribution is 5.94. The van der Waals surface area contributed by atoms with Crippen LogP contribution in [0.4, 0.5) is 17.1 Å². The predicted octanol–water partition coefficient (Wildman–Crippen LogP) is -0.643. The van der Waals surface area contributed by atoms with E-state index in [4.69, 9.17) is 4.74 Å². The zero-order valence-electron chi connectivity index (χ0n) is 11.6. The minimum Gasteiger partial charge on any atom is -0.370 e. The molecule has 1 aliphatic heterocycles. The van der Waals surface area contributed by atoms with Gasteiger partial charge in [-0.3, -0.25) is 25.0 Å². The summed E-state index contributed by atoms with van der Waals surface area (Å²) in [5.41, 5.74) is -0.948. The maximum Gasteiger partial charge on any atom is 0.299 e. The van der Waals surface area contributed by atoms with E-state index in [0.29, 0.717) is 26.3 Å². The second-order valence-corrected chi connectivity index (χ2v) is 4.80. The van der Waals surface area contributed by atoms with Gasteiger partial charge < -0.3 is 15.0 Å². The molecule has 0 bridgehead atoms. The molecule has 0 saturated carbocycles. The first kappa shape index (κ1) is 15.8. The van der Waals surface area contributed by atoms with Gasteiger partial charge in [0.25, 0.3) is 17.3 Å². The molecule has 2 N–H and O–H groups in total. The third-order valence-corrected chi connectivity index (χ3v) is 3.27. The fourth-order valence-electron chi connectivity index (χ4n) is 2.15. The molecule has 1 saturated heterocycles. The van der Waals surface area contributed by atoms with Crippen molar-refractivity contribution in [3.8, 4) is 0 Å². The molecule has 1 aromatic carbocycles. The van der Waals surface area contributed by atoms with E-state index in [1.54, 1.807) is 0 Å². The lowest BCUT2D eigenvalue weighted by molar-refractivity contribution is -0.899. The number of quaternary nitrogens is 1. The number of nitrogens with zero attached hydrogens (tertiary/aromatic N) is 2. The molecule has 1 heterocycles. The van der Waals surface area contributed by atoms with Crippen molar-refractivity contribution < 1.29 is 24.3 Å². The van der Waals surface area contributed by atoms with Gasteiger partial charge in [-0.1, -0.05) is 0 Å². The summed E-state index contributed by atoms with van der Waals surface area (Å²) in [6, 6.07) is 3.12. The van der Waals surface area contributed by atoms with Crippen LogP contribution in [0.5, 0.6) is 0 Å². The third-order valence-electron chi connectivity index (χ3n) is 3.27. The molecule has 0 unspecified atom stereocenters. The van der Waals surface area contributed by atoms with Gasteiger partial charge in [-0.2, -0.15) is 0 Å². The molecule has 0 aromatic heterocycles. The van der Waals surface area contributed by atoms with E-state index in [0.717, 1.165) is 17.0 Å². The third kappa shape index (κ3) is 3.96. The molecule has 1 amide bonds. The van der Waals surface area contributed by atoms with Crippen LogP contribution in [0.1, 0.15) is 0 Å². The first-order chi connectivity index (χ1) is 10.5. The van der Waals surface area contributed by atoms with Gasteiger partial charge in [-0.05, 0) is 6.07 Å². The number of carbonyl (C=O) groups is 1. The van der Waals surface area contributed by atoms with Gasteiger partial charge in [0, 0.05) is 6.07 Å². The number of ether oxygens (including phenoxy) is 1. The summed E-state index contributed by atoms with van der Waals surface area (Å²) in [5.74, 6) is -0.381. The summed E-state index contributed by atoms with van der Waals surface area (Å²) in [6.45, 7) is 2.68. The average molecular weight is 311 g/mol. The van der Waals surface area contributed by atoms with Gasteiger partial charge >= 0.3 is 0 Å². The Morgan fingerprint density at radius 2 is 1.91 bits per heavy atom. The van der Waals surface area contributed by atoms with E-state index in [9.17, 15) is 25.0 Å². The molecule has 1 aliphatic rings. The number of carbonyl (C=O) groups excluding carboxylic acids is 1. The lowest BCUT2D eigenvalue weighted by Gasteiger charge is -2.22. The van der Waals surface area contributed by atoms with Gasteiger partial charge in [0.15, 0.2) is 6.54 Å². The molecule has 0 aliphatic carbocycles. The van der Waals surface area contributed by atoms with Crippen LogP contribution in [0, 0.1) is 20.2 Å². The molecule has 118 valence electrons. The summed E-state index contributed by atoms with van der Waals surface area (Å²) >= 11 is 0. The van der Waals surface area contributed by atoms with Crippen molar-refractivity contribution >= 4 is 23.0 Å². The molecule has 0 atom stereocenters. The van der Waals surface area contributed by atoms with E-state index < -0.39 is 21.2 Å². The first-order valence-corrected chi connectivity index (χ1v) is 6.61. The van der Waals surface area contributed by atoms with Crippen LogP contribution >= 0.6 is 0 Å². The summed E-state index contributed by atoms with van der Waals surface area (Å²) in [7, 11) is 0. The van der Waals surface area contributed by atoms with Crippen LogP contribution in [0.3, 0.4) is 0 Å². The van der Waals surface area contributed by atoms with Gasteiger partial charge in [0.1, 0.15) is 18.8 Å². The van der Waals surface area contributed by atoms with Crippen LogP contribution < -0.4 is 10.2 Å². The summed E-state index contributed by atoms with van der Waals surface area (Å²) in [5, 5.41) is 24.1. The Balaban J connectivity index is 2.09. The van der Waals surface area contributed by atoms with Crippen LogP contribution in [-0.2, 0) is 9.53 Å². The predicted molar refractivity (Wildman–Crippen MR) is 74.8 cm³/mol. The largest absolute Gasteiger partial charge is 0.370 e. The maximum absolute atomic E-state index is 11.9. The monoisotopic (exact) mass is 311 g/mol. The molecule has 10 heteroatoms. The highest BCUT2D eigenvalue weighted by Crippen LogP contribution is 2.28. The van der Waals surface area contributed by atoms with Crippen LogP contribution in [0.2, 0.25) is 0 Å². The molecule has 10 nitrogen and oxygen atoms in total. The number of anilines is 1. The Morgan fingerprint density at radius 1 is 1.23 bits per heavy atom. The zero-order valence-corrected chi connectivity index (χ0v) is 11.6. The maximum atomic E-state index is 11.9. The minimum atomic E-state index is -0.760.